The number of fused-ring (bicyclic) bond motifs is 1. The Morgan fingerprint density at radius 3 is 2.95 bits per heavy atom. The van der Waals surface area contributed by atoms with Gasteiger partial charge in [-0.25, -0.2) is 4.98 Å². The maximum absolute atomic E-state index is 4.55. The number of benzene rings is 1. The summed E-state index contributed by atoms with van der Waals surface area (Å²) >= 11 is 3.43. The van der Waals surface area contributed by atoms with Crippen molar-refractivity contribution in [2.45, 2.75) is 17.8 Å². The maximum atomic E-state index is 4.55. The normalized spacial score (nSPS) is 11.2. The molecule has 104 valence electrons. The molecule has 1 N–H and O–H groups in total. The molecule has 3 rings (SSSR count). The highest BCUT2D eigenvalue weighted by atomic mass is 32.2. The quantitative estimate of drug-likeness (QED) is 0.747. The SMILES string of the molecule is CSc1nc2ccc(NCc3cn(C)nc3C)cc2s1. The summed E-state index contributed by atoms with van der Waals surface area (Å²) in [5, 5.41) is 7.81. The van der Waals surface area contributed by atoms with Crippen molar-refractivity contribution < 1.29 is 0 Å². The van der Waals surface area contributed by atoms with E-state index in [1.165, 1.54) is 10.3 Å². The van der Waals surface area contributed by atoms with Gasteiger partial charge in [0, 0.05) is 31.0 Å². The highest BCUT2D eigenvalue weighted by molar-refractivity contribution is 8.00. The second kappa shape index (κ2) is 5.46. The number of thioether (sulfide) groups is 1. The van der Waals surface area contributed by atoms with Crippen LogP contribution in [-0.4, -0.2) is 21.0 Å². The van der Waals surface area contributed by atoms with Crippen molar-refractivity contribution in [1.29, 1.82) is 0 Å². The van der Waals surface area contributed by atoms with Crippen LogP contribution in [0.4, 0.5) is 5.69 Å². The summed E-state index contributed by atoms with van der Waals surface area (Å²) in [5.74, 6) is 0. The Morgan fingerprint density at radius 2 is 2.25 bits per heavy atom. The molecular formula is C14H16N4S2. The van der Waals surface area contributed by atoms with E-state index in [4.69, 9.17) is 0 Å². The standard InChI is InChI=1S/C14H16N4S2/c1-9-10(8-18(2)17-9)7-15-11-4-5-12-13(6-11)20-14(16-12)19-3/h4-6,8,15H,7H2,1-3H3. The van der Waals surface area contributed by atoms with Gasteiger partial charge in [-0.05, 0) is 31.4 Å². The van der Waals surface area contributed by atoms with Crippen LogP contribution in [0.25, 0.3) is 10.2 Å². The number of hydrogen-bond acceptors (Lipinski definition) is 5. The lowest BCUT2D eigenvalue weighted by atomic mass is 10.2. The number of thiazole rings is 1. The lowest BCUT2D eigenvalue weighted by Crippen LogP contribution is -1.99. The number of nitrogens with one attached hydrogen (secondary N) is 1. The van der Waals surface area contributed by atoms with E-state index in [1.54, 1.807) is 23.1 Å². The summed E-state index contributed by atoms with van der Waals surface area (Å²) in [7, 11) is 1.95. The zero-order chi connectivity index (χ0) is 14.1. The predicted molar refractivity (Wildman–Crippen MR) is 86.7 cm³/mol. The Labute approximate surface area is 126 Å². The second-order valence-corrected chi connectivity index (χ2v) is 6.72. The van der Waals surface area contributed by atoms with E-state index in [2.05, 4.69) is 46.1 Å². The Kier molecular flexibility index (Phi) is 3.67. The van der Waals surface area contributed by atoms with Crippen molar-refractivity contribution in [2.24, 2.45) is 7.05 Å². The molecule has 0 fully saturated rings. The fraction of sp³-hybridized carbons (Fsp3) is 0.286. The molecule has 0 saturated heterocycles. The van der Waals surface area contributed by atoms with Gasteiger partial charge in [-0.1, -0.05) is 11.8 Å². The topological polar surface area (TPSA) is 42.7 Å². The van der Waals surface area contributed by atoms with Gasteiger partial charge in [0.25, 0.3) is 0 Å². The minimum absolute atomic E-state index is 0.791. The van der Waals surface area contributed by atoms with Crippen LogP contribution in [-0.2, 0) is 13.6 Å². The van der Waals surface area contributed by atoms with Gasteiger partial charge in [0.1, 0.15) is 0 Å². The molecule has 2 aromatic heterocycles. The van der Waals surface area contributed by atoms with Crippen LogP contribution in [0.5, 0.6) is 0 Å². The fourth-order valence-corrected chi connectivity index (χ4v) is 3.65. The average molecular weight is 304 g/mol. The summed E-state index contributed by atoms with van der Waals surface area (Å²) in [6, 6.07) is 6.32. The molecule has 3 aromatic rings. The van der Waals surface area contributed by atoms with Crippen molar-refractivity contribution in [1.82, 2.24) is 14.8 Å². The van der Waals surface area contributed by atoms with E-state index in [1.807, 2.05) is 18.7 Å². The summed E-state index contributed by atoms with van der Waals surface area (Å²) in [4.78, 5) is 4.55. The molecule has 0 radical (unpaired) electrons. The first kappa shape index (κ1) is 13.5. The first-order chi connectivity index (χ1) is 9.65. The van der Waals surface area contributed by atoms with Crippen molar-refractivity contribution in [3.05, 3.63) is 35.7 Å². The number of aryl methyl sites for hydroxylation is 2. The third kappa shape index (κ3) is 2.66. The summed E-state index contributed by atoms with van der Waals surface area (Å²) in [6.07, 6.45) is 4.11. The fourth-order valence-electron chi connectivity index (χ4n) is 2.12. The smallest absolute Gasteiger partial charge is 0.150 e. The summed E-state index contributed by atoms with van der Waals surface area (Å²) < 4.78 is 4.19. The lowest BCUT2D eigenvalue weighted by molar-refractivity contribution is 0.756. The van der Waals surface area contributed by atoms with Gasteiger partial charge in [0.05, 0.1) is 15.9 Å². The molecule has 0 aliphatic heterocycles. The Hall–Kier alpha value is -1.53. The number of anilines is 1. The minimum atomic E-state index is 0.791. The van der Waals surface area contributed by atoms with E-state index in [0.717, 1.165) is 27.8 Å². The first-order valence-corrected chi connectivity index (χ1v) is 8.37. The highest BCUT2D eigenvalue weighted by Gasteiger charge is 2.05. The zero-order valence-electron chi connectivity index (χ0n) is 11.7. The van der Waals surface area contributed by atoms with Crippen LogP contribution in [0.2, 0.25) is 0 Å². The van der Waals surface area contributed by atoms with Gasteiger partial charge in [0.15, 0.2) is 4.34 Å². The van der Waals surface area contributed by atoms with Crippen LogP contribution >= 0.6 is 23.1 Å². The Balaban J connectivity index is 1.78. The van der Waals surface area contributed by atoms with Crippen LogP contribution in [0.1, 0.15) is 11.3 Å². The Morgan fingerprint density at radius 1 is 1.40 bits per heavy atom. The van der Waals surface area contributed by atoms with Crippen LogP contribution in [0, 0.1) is 6.92 Å². The number of aromatic nitrogens is 3. The van der Waals surface area contributed by atoms with Crippen LogP contribution in [0.15, 0.2) is 28.7 Å². The van der Waals surface area contributed by atoms with Gasteiger partial charge in [0.2, 0.25) is 0 Å². The van der Waals surface area contributed by atoms with E-state index >= 15 is 0 Å². The zero-order valence-corrected chi connectivity index (χ0v) is 13.3. The third-order valence-electron chi connectivity index (χ3n) is 3.14. The molecule has 2 heterocycles. The second-order valence-electron chi connectivity index (χ2n) is 4.63. The highest BCUT2D eigenvalue weighted by Crippen LogP contribution is 2.30. The van der Waals surface area contributed by atoms with Crippen molar-refractivity contribution in [2.75, 3.05) is 11.6 Å². The van der Waals surface area contributed by atoms with Gasteiger partial charge in [-0.3, -0.25) is 4.68 Å². The average Bonchev–Trinajstić information content (AvgIpc) is 2.98. The van der Waals surface area contributed by atoms with Crippen molar-refractivity contribution in [3.8, 4) is 0 Å². The summed E-state index contributed by atoms with van der Waals surface area (Å²) in [6.45, 7) is 2.83. The molecule has 0 amide bonds. The monoisotopic (exact) mass is 304 g/mol. The molecule has 0 bridgehead atoms. The first-order valence-electron chi connectivity index (χ1n) is 6.33. The molecule has 1 aromatic carbocycles. The maximum Gasteiger partial charge on any atom is 0.150 e. The molecule has 0 spiro atoms. The number of rotatable bonds is 4. The minimum Gasteiger partial charge on any atom is -0.381 e. The van der Waals surface area contributed by atoms with Crippen molar-refractivity contribution in [3.63, 3.8) is 0 Å². The molecular weight excluding hydrogens is 288 g/mol. The largest absolute Gasteiger partial charge is 0.381 e. The van der Waals surface area contributed by atoms with Gasteiger partial charge >= 0.3 is 0 Å². The van der Waals surface area contributed by atoms with Crippen LogP contribution in [0.3, 0.4) is 0 Å². The third-order valence-corrected chi connectivity index (χ3v) is 5.14. The lowest BCUT2D eigenvalue weighted by Gasteiger charge is -2.05. The molecule has 4 nitrogen and oxygen atoms in total. The molecule has 6 heteroatoms. The molecule has 0 saturated carbocycles. The molecule has 0 aliphatic carbocycles. The number of nitrogens with zero attached hydrogens (tertiary/aromatic N) is 3. The number of hydrogen-bond donors (Lipinski definition) is 1. The van der Waals surface area contributed by atoms with E-state index in [-0.39, 0.29) is 0 Å². The molecule has 20 heavy (non-hydrogen) atoms. The molecule has 0 aliphatic rings. The molecule has 0 atom stereocenters. The Bertz CT molecular complexity index is 745. The van der Waals surface area contributed by atoms with Crippen LogP contribution < -0.4 is 5.32 Å². The van der Waals surface area contributed by atoms with E-state index in [0.29, 0.717) is 0 Å². The van der Waals surface area contributed by atoms with Gasteiger partial charge in [-0.2, -0.15) is 5.10 Å². The van der Waals surface area contributed by atoms with Gasteiger partial charge in [-0.15, -0.1) is 11.3 Å². The van der Waals surface area contributed by atoms with Gasteiger partial charge < -0.3 is 5.32 Å². The van der Waals surface area contributed by atoms with Crippen molar-refractivity contribution >= 4 is 39.0 Å². The van der Waals surface area contributed by atoms with E-state index in [9.17, 15) is 0 Å². The predicted octanol–water partition coefficient (Wildman–Crippen LogP) is 3.67. The van der Waals surface area contributed by atoms with E-state index < -0.39 is 0 Å². The molecule has 0 unspecified atom stereocenters. The summed E-state index contributed by atoms with van der Waals surface area (Å²) in [5.41, 5.74) is 4.49.